The van der Waals surface area contributed by atoms with Crippen LogP contribution in [0.3, 0.4) is 0 Å². The summed E-state index contributed by atoms with van der Waals surface area (Å²) in [4.78, 5) is 25.3. The Bertz CT molecular complexity index is 703. The van der Waals surface area contributed by atoms with Crippen LogP contribution < -0.4 is 10.1 Å². The summed E-state index contributed by atoms with van der Waals surface area (Å²) < 4.78 is 6.54. The van der Waals surface area contributed by atoms with Crippen LogP contribution in [0.1, 0.15) is 25.8 Å². The molecule has 2 rings (SSSR count). The molecule has 1 aromatic rings. The molecule has 23 heavy (non-hydrogen) atoms. The van der Waals surface area contributed by atoms with E-state index in [0.717, 1.165) is 16.6 Å². The topological polar surface area (TPSA) is 58.6 Å². The van der Waals surface area contributed by atoms with Crippen LogP contribution in [0.15, 0.2) is 28.2 Å². The van der Waals surface area contributed by atoms with E-state index in [4.69, 9.17) is 17.0 Å². The minimum atomic E-state index is -0.492. The Labute approximate surface area is 148 Å². The summed E-state index contributed by atoms with van der Waals surface area (Å²) in [6, 6.07) is 5.41. The van der Waals surface area contributed by atoms with Crippen molar-refractivity contribution in [2.24, 2.45) is 0 Å². The molecule has 1 saturated heterocycles. The zero-order valence-corrected chi connectivity index (χ0v) is 15.5. The Morgan fingerprint density at radius 2 is 2.13 bits per heavy atom. The molecule has 122 valence electrons. The molecular weight excluding hydrogens is 380 g/mol. The number of nitrogens with one attached hydrogen (secondary N) is 1. The van der Waals surface area contributed by atoms with E-state index in [1.54, 1.807) is 12.1 Å². The summed E-state index contributed by atoms with van der Waals surface area (Å²) in [5.74, 6) is -0.192. The van der Waals surface area contributed by atoms with E-state index < -0.39 is 11.8 Å². The van der Waals surface area contributed by atoms with Gasteiger partial charge in [-0.3, -0.25) is 19.8 Å². The molecule has 1 aliphatic rings. The highest BCUT2D eigenvalue weighted by Crippen LogP contribution is 2.28. The fraction of sp³-hybridized carbons (Fsp3) is 0.312. The van der Waals surface area contributed by atoms with Gasteiger partial charge in [-0.25, -0.2) is 0 Å². The Hall–Kier alpha value is -1.73. The van der Waals surface area contributed by atoms with E-state index in [1.807, 2.05) is 19.9 Å². The molecule has 1 N–H and O–H groups in total. The SMILES string of the molecule is CC[C@@H](C)Oc1ccc(/C=C2\C(=O)NC(=S)N(C)C2=O)cc1Br. The lowest BCUT2D eigenvalue weighted by Gasteiger charge is -2.25. The molecule has 1 aliphatic heterocycles. The largest absolute Gasteiger partial charge is 0.490 e. The van der Waals surface area contributed by atoms with Crippen molar-refractivity contribution in [3.8, 4) is 5.75 Å². The molecule has 1 heterocycles. The average molecular weight is 397 g/mol. The molecule has 7 heteroatoms. The van der Waals surface area contributed by atoms with Crippen LogP contribution in [-0.2, 0) is 9.59 Å². The predicted octanol–water partition coefficient (Wildman–Crippen LogP) is 2.88. The number of rotatable bonds is 4. The van der Waals surface area contributed by atoms with Gasteiger partial charge >= 0.3 is 0 Å². The van der Waals surface area contributed by atoms with Crippen LogP contribution in [0.2, 0.25) is 0 Å². The molecular formula is C16H17BrN2O3S. The number of benzene rings is 1. The summed E-state index contributed by atoms with van der Waals surface area (Å²) in [5, 5.41) is 2.59. The van der Waals surface area contributed by atoms with Crippen LogP contribution in [0.4, 0.5) is 0 Å². The third kappa shape index (κ3) is 3.97. The molecule has 0 saturated carbocycles. The Kier molecular flexibility index (Phi) is 5.54. The van der Waals surface area contributed by atoms with E-state index in [2.05, 4.69) is 21.2 Å². The van der Waals surface area contributed by atoms with Crippen molar-refractivity contribution in [3.63, 3.8) is 0 Å². The zero-order chi connectivity index (χ0) is 17.1. The van der Waals surface area contributed by atoms with Crippen molar-refractivity contribution >= 4 is 51.2 Å². The van der Waals surface area contributed by atoms with Crippen LogP contribution in [0.5, 0.6) is 5.75 Å². The first-order valence-electron chi connectivity index (χ1n) is 7.14. The first-order valence-corrected chi connectivity index (χ1v) is 8.34. The number of hydrogen-bond acceptors (Lipinski definition) is 4. The molecule has 0 aliphatic carbocycles. The predicted molar refractivity (Wildman–Crippen MR) is 96.0 cm³/mol. The van der Waals surface area contributed by atoms with E-state index in [-0.39, 0.29) is 16.8 Å². The highest BCUT2D eigenvalue weighted by atomic mass is 79.9. The third-order valence-corrected chi connectivity index (χ3v) is 4.47. The van der Waals surface area contributed by atoms with Crippen molar-refractivity contribution in [2.45, 2.75) is 26.4 Å². The van der Waals surface area contributed by atoms with Gasteiger partial charge in [0.1, 0.15) is 11.3 Å². The van der Waals surface area contributed by atoms with Crippen LogP contribution in [0.25, 0.3) is 6.08 Å². The number of ether oxygens (including phenoxy) is 1. The van der Waals surface area contributed by atoms with Crippen molar-refractivity contribution in [3.05, 3.63) is 33.8 Å². The van der Waals surface area contributed by atoms with Gasteiger partial charge in [0.05, 0.1) is 10.6 Å². The highest BCUT2D eigenvalue weighted by Gasteiger charge is 2.30. The second-order valence-corrected chi connectivity index (χ2v) is 6.45. The second kappa shape index (κ2) is 7.23. The number of nitrogens with zero attached hydrogens (tertiary/aromatic N) is 1. The van der Waals surface area contributed by atoms with Gasteiger partial charge in [0.15, 0.2) is 5.11 Å². The number of amides is 2. The summed E-state index contributed by atoms with van der Waals surface area (Å²) in [6.07, 6.45) is 2.54. The van der Waals surface area contributed by atoms with Gasteiger partial charge < -0.3 is 4.74 Å². The first kappa shape index (κ1) is 17.6. The lowest BCUT2D eigenvalue weighted by molar-refractivity contribution is -0.128. The van der Waals surface area contributed by atoms with E-state index >= 15 is 0 Å². The van der Waals surface area contributed by atoms with Crippen LogP contribution in [-0.4, -0.2) is 35.0 Å². The minimum absolute atomic E-state index is 0.0450. The maximum atomic E-state index is 12.2. The van der Waals surface area contributed by atoms with Gasteiger partial charge in [0.2, 0.25) is 0 Å². The standard InChI is InChI=1S/C16H17BrN2O3S/c1-4-9(2)22-13-6-5-10(8-12(13)17)7-11-14(20)18-16(23)19(3)15(11)21/h5-9H,4H2,1-3H3,(H,18,20,23)/b11-7+/t9-/m1/s1. The maximum Gasteiger partial charge on any atom is 0.265 e. The van der Waals surface area contributed by atoms with Gasteiger partial charge in [-0.2, -0.15) is 0 Å². The number of thiocarbonyl (C=S) groups is 1. The first-order chi connectivity index (χ1) is 10.8. The van der Waals surface area contributed by atoms with Gasteiger partial charge in [-0.15, -0.1) is 0 Å². The normalized spacial score (nSPS) is 18.2. The van der Waals surface area contributed by atoms with E-state index in [0.29, 0.717) is 5.56 Å². The van der Waals surface area contributed by atoms with E-state index in [1.165, 1.54) is 18.0 Å². The summed E-state index contributed by atoms with van der Waals surface area (Å²) in [7, 11) is 1.52. The fourth-order valence-electron chi connectivity index (χ4n) is 1.91. The highest BCUT2D eigenvalue weighted by molar-refractivity contribution is 9.10. The molecule has 0 spiro atoms. The summed E-state index contributed by atoms with van der Waals surface area (Å²) in [5.41, 5.74) is 0.761. The number of halogens is 1. The molecule has 2 amide bonds. The molecule has 1 fully saturated rings. The monoisotopic (exact) mass is 396 g/mol. The number of hydrogen-bond donors (Lipinski definition) is 1. The summed E-state index contributed by atoms with van der Waals surface area (Å²) in [6.45, 7) is 4.04. The lowest BCUT2D eigenvalue weighted by atomic mass is 10.1. The molecule has 1 aromatic carbocycles. The van der Waals surface area contributed by atoms with Gasteiger partial charge in [0, 0.05) is 7.05 Å². The second-order valence-electron chi connectivity index (χ2n) is 5.21. The molecule has 0 radical (unpaired) electrons. The van der Waals surface area contributed by atoms with Crippen molar-refractivity contribution in [2.75, 3.05) is 7.05 Å². The molecule has 0 bridgehead atoms. The molecule has 1 atom stereocenters. The minimum Gasteiger partial charge on any atom is -0.490 e. The molecule has 0 unspecified atom stereocenters. The third-order valence-electron chi connectivity index (χ3n) is 3.47. The van der Waals surface area contributed by atoms with Crippen molar-refractivity contribution < 1.29 is 14.3 Å². The Morgan fingerprint density at radius 3 is 2.74 bits per heavy atom. The van der Waals surface area contributed by atoms with Gasteiger partial charge in [0.25, 0.3) is 11.8 Å². The summed E-state index contributed by atoms with van der Waals surface area (Å²) >= 11 is 8.36. The maximum absolute atomic E-state index is 12.2. The zero-order valence-electron chi connectivity index (χ0n) is 13.1. The average Bonchev–Trinajstić information content (AvgIpc) is 2.51. The van der Waals surface area contributed by atoms with Crippen molar-refractivity contribution in [1.82, 2.24) is 10.2 Å². The van der Waals surface area contributed by atoms with Gasteiger partial charge in [-0.1, -0.05) is 13.0 Å². The fourth-order valence-corrected chi connectivity index (χ4v) is 2.58. The number of likely N-dealkylation sites (N-methyl/N-ethyl adjacent to an activating group) is 1. The van der Waals surface area contributed by atoms with Gasteiger partial charge in [-0.05, 0) is 65.3 Å². The Morgan fingerprint density at radius 1 is 1.43 bits per heavy atom. The Balaban J connectivity index is 2.29. The number of carbonyl (C=O) groups excluding carboxylic acids is 2. The quantitative estimate of drug-likeness (QED) is 0.482. The van der Waals surface area contributed by atoms with Crippen LogP contribution >= 0.6 is 28.1 Å². The number of carbonyl (C=O) groups is 2. The molecule has 0 aromatic heterocycles. The smallest absolute Gasteiger partial charge is 0.265 e. The lowest BCUT2D eigenvalue weighted by Crippen LogP contribution is -2.52. The molecule has 5 nitrogen and oxygen atoms in total. The van der Waals surface area contributed by atoms with Crippen molar-refractivity contribution in [1.29, 1.82) is 0 Å². The van der Waals surface area contributed by atoms with Crippen LogP contribution in [0, 0.1) is 0 Å². The van der Waals surface area contributed by atoms with E-state index in [9.17, 15) is 9.59 Å².